The molecular weight excluding hydrogens is 369 g/mol. The Hall–Kier alpha value is -2.28. The van der Waals surface area contributed by atoms with Crippen molar-refractivity contribution in [2.75, 3.05) is 45.9 Å². The molecule has 4 rings (SSSR count). The molecule has 0 spiro atoms. The van der Waals surface area contributed by atoms with E-state index in [-0.39, 0.29) is 17.9 Å². The number of aryl methyl sites for hydroxylation is 1. The number of hydrogen-bond donors (Lipinski definition) is 1. The number of fused-ring (bicyclic) bond motifs is 2. The van der Waals surface area contributed by atoms with Gasteiger partial charge >= 0.3 is 0 Å². The Balaban J connectivity index is 1.46. The van der Waals surface area contributed by atoms with Crippen LogP contribution in [-0.2, 0) is 6.54 Å². The molecule has 5 nitrogen and oxygen atoms in total. The van der Waals surface area contributed by atoms with E-state index in [2.05, 4.69) is 14.4 Å². The molecule has 29 heavy (non-hydrogen) atoms. The van der Waals surface area contributed by atoms with E-state index in [1.165, 1.54) is 12.1 Å². The van der Waals surface area contributed by atoms with E-state index in [4.69, 9.17) is 5.11 Å². The number of unbranched alkanes of at least 4 members (excludes halogenated alkanes) is 1. The number of rotatable bonds is 7. The Bertz CT molecular complexity index is 1040. The molecule has 0 amide bonds. The third-order valence-corrected chi connectivity index (χ3v) is 5.92. The zero-order valence-corrected chi connectivity index (χ0v) is 16.7. The van der Waals surface area contributed by atoms with Crippen LogP contribution < -0.4 is 5.43 Å². The highest BCUT2D eigenvalue weighted by Crippen LogP contribution is 2.21. The predicted molar refractivity (Wildman–Crippen MR) is 115 cm³/mol. The minimum Gasteiger partial charge on any atom is -0.395 e. The average Bonchev–Trinajstić information content (AvgIpc) is 2.75. The fourth-order valence-corrected chi connectivity index (χ4v) is 4.33. The number of β-amino-alcohol motifs (C(OH)–C–C–N with tert-alkyl or cyclic N) is 1. The number of aromatic nitrogens is 1. The van der Waals surface area contributed by atoms with E-state index in [1.54, 1.807) is 6.07 Å². The average molecular weight is 397 g/mol. The standard InChI is InChI=1S/C23H28FN3O2/c24-18-7-8-22-20(17-18)23(29)19-5-1-2-6-21(19)27(22)10-4-3-9-25-11-13-26(14-12-25)15-16-28/h1-2,5-8,17,28H,3-4,9-16H2. The Morgan fingerprint density at radius 2 is 1.48 bits per heavy atom. The van der Waals surface area contributed by atoms with Crippen molar-refractivity contribution in [3.63, 3.8) is 0 Å². The quantitative estimate of drug-likeness (QED) is 0.492. The summed E-state index contributed by atoms with van der Waals surface area (Å²) in [5, 5.41) is 10.1. The number of piperazine rings is 1. The number of para-hydroxylation sites is 1. The second-order valence-electron chi connectivity index (χ2n) is 7.77. The maximum atomic E-state index is 13.8. The van der Waals surface area contributed by atoms with E-state index in [0.29, 0.717) is 10.8 Å². The first-order valence-corrected chi connectivity index (χ1v) is 10.4. The Labute approximate surface area is 170 Å². The van der Waals surface area contributed by atoms with Gasteiger partial charge in [-0.3, -0.25) is 9.69 Å². The predicted octanol–water partition coefficient (Wildman–Crippen LogP) is 2.68. The summed E-state index contributed by atoms with van der Waals surface area (Å²) in [6.07, 6.45) is 2.07. The molecule has 1 saturated heterocycles. The van der Waals surface area contributed by atoms with Crippen molar-refractivity contribution < 1.29 is 9.50 Å². The molecule has 0 saturated carbocycles. The molecule has 1 aliphatic rings. The van der Waals surface area contributed by atoms with E-state index < -0.39 is 0 Å². The first-order chi connectivity index (χ1) is 14.2. The van der Waals surface area contributed by atoms with Gasteiger partial charge in [-0.25, -0.2) is 4.39 Å². The number of aliphatic hydroxyl groups is 1. The molecule has 0 aliphatic carbocycles. The van der Waals surface area contributed by atoms with Crippen molar-refractivity contribution in [3.8, 4) is 0 Å². The molecule has 0 atom stereocenters. The van der Waals surface area contributed by atoms with E-state index in [0.717, 1.165) is 69.7 Å². The van der Waals surface area contributed by atoms with Gasteiger partial charge in [0.25, 0.3) is 0 Å². The SMILES string of the molecule is O=c1c2ccccc2n(CCCCN2CCN(CCO)CC2)c2ccc(F)cc12. The molecular formula is C23H28FN3O2. The van der Waals surface area contributed by atoms with Gasteiger partial charge in [0.05, 0.1) is 17.6 Å². The van der Waals surface area contributed by atoms with Crippen molar-refractivity contribution in [2.45, 2.75) is 19.4 Å². The summed E-state index contributed by atoms with van der Waals surface area (Å²) in [5.41, 5.74) is 1.61. The topological polar surface area (TPSA) is 48.7 Å². The lowest BCUT2D eigenvalue weighted by molar-refractivity contribution is 0.111. The van der Waals surface area contributed by atoms with Crippen molar-refractivity contribution in [1.29, 1.82) is 0 Å². The Morgan fingerprint density at radius 1 is 0.828 bits per heavy atom. The summed E-state index contributed by atoms with van der Waals surface area (Å²) in [6, 6.07) is 12.1. The summed E-state index contributed by atoms with van der Waals surface area (Å²) in [4.78, 5) is 17.6. The van der Waals surface area contributed by atoms with Crippen molar-refractivity contribution in [1.82, 2.24) is 14.4 Å². The Kier molecular flexibility index (Phi) is 6.23. The second kappa shape index (κ2) is 9.03. The number of aliphatic hydroxyl groups excluding tert-OH is 1. The third-order valence-electron chi connectivity index (χ3n) is 5.92. The molecule has 2 heterocycles. The number of halogens is 1. The normalized spacial score (nSPS) is 16.1. The minimum absolute atomic E-state index is 0.105. The molecule has 0 bridgehead atoms. The maximum absolute atomic E-state index is 13.8. The van der Waals surface area contributed by atoms with Gasteiger partial charge in [-0.1, -0.05) is 12.1 Å². The highest BCUT2D eigenvalue weighted by Gasteiger charge is 2.16. The summed E-state index contributed by atoms with van der Waals surface area (Å²) >= 11 is 0. The third kappa shape index (κ3) is 4.34. The van der Waals surface area contributed by atoms with Gasteiger partial charge in [-0.15, -0.1) is 0 Å². The van der Waals surface area contributed by atoms with Crippen LogP contribution in [0.4, 0.5) is 4.39 Å². The lowest BCUT2D eigenvalue weighted by Gasteiger charge is -2.34. The van der Waals surface area contributed by atoms with Gasteiger partial charge in [-0.05, 0) is 49.7 Å². The van der Waals surface area contributed by atoms with Crippen LogP contribution in [0.1, 0.15) is 12.8 Å². The van der Waals surface area contributed by atoms with Gasteiger partial charge < -0.3 is 14.6 Å². The van der Waals surface area contributed by atoms with Gasteiger partial charge in [-0.2, -0.15) is 0 Å². The van der Waals surface area contributed by atoms with Crippen LogP contribution in [0.5, 0.6) is 0 Å². The molecule has 6 heteroatoms. The zero-order valence-electron chi connectivity index (χ0n) is 16.7. The summed E-state index contributed by atoms with van der Waals surface area (Å²) in [7, 11) is 0. The molecule has 0 radical (unpaired) electrons. The van der Waals surface area contributed by atoms with Crippen molar-refractivity contribution in [2.24, 2.45) is 0 Å². The van der Waals surface area contributed by atoms with Crippen molar-refractivity contribution in [3.05, 3.63) is 58.5 Å². The molecule has 1 aromatic heterocycles. The molecule has 1 N–H and O–H groups in total. The summed E-state index contributed by atoms with van der Waals surface area (Å²) in [5.74, 6) is -0.378. The maximum Gasteiger partial charge on any atom is 0.197 e. The highest BCUT2D eigenvalue weighted by molar-refractivity contribution is 5.93. The van der Waals surface area contributed by atoms with E-state index in [1.807, 2.05) is 24.3 Å². The monoisotopic (exact) mass is 397 g/mol. The minimum atomic E-state index is -0.378. The van der Waals surface area contributed by atoms with Crippen LogP contribution in [0.15, 0.2) is 47.3 Å². The van der Waals surface area contributed by atoms with Gasteiger partial charge in [0.1, 0.15) is 5.82 Å². The second-order valence-corrected chi connectivity index (χ2v) is 7.77. The molecule has 3 aromatic rings. The molecule has 0 unspecified atom stereocenters. The first-order valence-electron chi connectivity index (χ1n) is 10.4. The van der Waals surface area contributed by atoms with Crippen LogP contribution in [-0.4, -0.2) is 65.3 Å². The van der Waals surface area contributed by atoms with Crippen LogP contribution in [0.25, 0.3) is 21.8 Å². The smallest absolute Gasteiger partial charge is 0.197 e. The number of nitrogens with zero attached hydrogens (tertiary/aromatic N) is 3. The van der Waals surface area contributed by atoms with Crippen LogP contribution in [0.2, 0.25) is 0 Å². The van der Waals surface area contributed by atoms with E-state index in [9.17, 15) is 9.18 Å². The van der Waals surface area contributed by atoms with Gasteiger partial charge in [0, 0.05) is 50.0 Å². The fraction of sp³-hybridized carbons (Fsp3) is 0.435. The van der Waals surface area contributed by atoms with Gasteiger partial charge in [0.15, 0.2) is 5.43 Å². The van der Waals surface area contributed by atoms with Crippen LogP contribution >= 0.6 is 0 Å². The molecule has 2 aromatic carbocycles. The van der Waals surface area contributed by atoms with Crippen LogP contribution in [0, 0.1) is 5.82 Å². The molecule has 154 valence electrons. The Morgan fingerprint density at radius 3 is 2.24 bits per heavy atom. The summed E-state index contributed by atoms with van der Waals surface area (Å²) < 4.78 is 15.9. The lowest BCUT2D eigenvalue weighted by Crippen LogP contribution is -2.47. The van der Waals surface area contributed by atoms with Gasteiger partial charge in [0.2, 0.25) is 0 Å². The zero-order chi connectivity index (χ0) is 20.2. The first kappa shape index (κ1) is 20.0. The molecule has 1 fully saturated rings. The van der Waals surface area contributed by atoms with Crippen LogP contribution in [0.3, 0.4) is 0 Å². The number of pyridine rings is 1. The van der Waals surface area contributed by atoms with E-state index >= 15 is 0 Å². The number of hydrogen-bond acceptors (Lipinski definition) is 4. The summed E-state index contributed by atoms with van der Waals surface area (Å²) in [6.45, 7) is 6.96. The highest BCUT2D eigenvalue weighted by atomic mass is 19.1. The lowest BCUT2D eigenvalue weighted by atomic mass is 10.1. The fourth-order valence-electron chi connectivity index (χ4n) is 4.33. The largest absolute Gasteiger partial charge is 0.395 e. The molecule has 1 aliphatic heterocycles. The number of benzene rings is 2. The van der Waals surface area contributed by atoms with Crippen molar-refractivity contribution >= 4 is 21.8 Å².